The Hall–Kier alpha value is -2.20. The summed E-state index contributed by atoms with van der Waals surface area (Å²) >= 11 is 0. The van der Waals surface area contributed by atoms with Gasteiger partial charge >= 0.3 is 0 Å². The zero-order valence-electron chi connectivity index (χ0n) is 11.8. The summed E-state index contributed by atoms with van der Waals surface area (Å²) in [6.45, 7) is 2.09. The molecule has 2 rings (SSSR count). The maximum Gasteiger partial charge on any atom is 0.0403 e. The topological polar surface area (TPSA) is 3.24 Å². The molecule has 96 valence electrons. The number of aryl methyl sites for hydroxylation is 1. The highest BCUT2D eigenvalue weighted by Crippen LogP contribution is 2.17. The van der Waals surface area contributed by atoms with Gasteiger partial charge in [0.1, 0.15) is 0 Å². The maximum absolute atomic E-state index is 3.26. The molecule has 0 heterocycles. The second-order valence-corrected chi connectivity index (χ2v) is 4.87. The average molecular weight is 249 g/mol. The number of anilines is 1. The number of hydrogen-bond acceptors (Lipinski definition) is 1. The molecule has 0 bridgehead atoms. The first-order valence-corrected chi connectivity index (χ1v) is 6.47. The van der Waals surface area contributed by atoms with Crippen LogP contribution in [0.1, 0.15) is 16.7 Å². The minimum atomic E-state index is 0.780. The minimum Gasteiger partial charge on any atom is -0.377 e. The third-order valence-electron chi connectivity index (χ3n) is 3.04. The van der Waals surface area contributed by atoms with Gasteiger partial charge in [0.25, 0.3) is 0 Å². The summed E-state index contributed by atoms with van der Waals surface area (Å²) in [5.74, 6) is 6.47. The molecule has 0 N–H and O–H groups in total. The van der Waals surface area contributed by atoms with Crippen LogP contribution < -0.4 is 4.90 Å². The van der Waals surface area contributed by atoms with Crippen LogP contribution in [0.15, 0.2) is 48.5 Å². The molecule has 1 nitrogen and oxygen atoms in total. The lowest BCUT2D eigenvalue weighted by atomic mass is 10.1. The van der Waals surface area contributed by atoms with Crippen LogP contribution in [-0.2, 0) is 6.42 Å². The van der Waals surface area contributed by atoms with Crippen LogP contribution in [0.5, 0.6) is 0 Å². The third kappa shape index (κ3) is 3.63. The minimum absolute atomic E-state index is 0.780. The van der Waals surface area contributed by atoms with Gasteiger partial charge in [0.15, 0.2) is 0 Å². The van der Waals surface area contributed by atoms with Crippen molar-refractivity contribution >= 4 is 5.69 Å². The molecule has 0 saturated carbocycles. The van der Waals surface area contributed by atoms with E-state index in [1.807, 2.05) is 0 Å². The molecule has 0 aliphatic carbocycles. The normalized spacial score (nSPS) is 9.63. The van der Waals surface area contributed by atoms with E-state index in [1.165, 1.54) is 16.8 Å². The fourth-order valence-electron chi connectivity index (χ4n) is 1.97. The molecular weight excluding hydrogens is 230 g/mol. The number of nitrogens with zero attached hydrogens (tertiary/aromatic N) is 1. The molecule has 2 aromatic rings. The monoisotopic (exact) mass is 249 g/mol. The molecular formula is C18H19N. The smallest absolute Gasteiger partial charge is 0.0403 e. The zero-order chi connectivity index (χ0) is 13.7. The molecule has 2 aromatic carbocycles. The summed E-state index contributed by atoms with van der Waals surface area (Å²) in [4.78, 5) is 2.13. The van der Waals surface area contributed by atoms with Crippen molar-refractivity contribution in [2.75, 3.05) is 19.0 Å². The van der Waals surface area contributed by atoms with Crippen LogP contribution >= 0.6 is 0 Å². The summed E-state index contributed by atoms with van der Waals surface area (Å²) in [5.41, 5.74) is 4.85. The van der Waals surface area contributed by atoms with Crippen molar-refractivity contribution in [1.82, 2.24) is 0 Å². The van der Waals surface area contributed by atoms with E-state index < -0.39 is 0 Å². The molecule has 0 aliphatic heterocycles. The quantitative estimate of drug-likeness (QED) is 0.734. The van der Waals surface area contributed by atoms with Gasteiger partial charge < -0.3 is 4.90 Å². The summed E-state index contributed by atoms with van der Waals surface area (Å²) in [5, 5.41) is 0. The van der Waals surface area contributed by atoms with Gasteiger partial charge in [0, 0.05) is 31.8 Å². The lowest BCUT2D eigenvalue weighted by Crippen LogP contribution is -2.10. The van der Waals surface area contributed by atoms with Crippen molar-refractivity contribution in [2.45, 2.75) is 13.3 Å². The summed E-state index contributed by atoms with van der Waals surface area (Å²) in [6, 6.07) is 16.7. The molecule has 0 amide bonds. The second kappa shape index (κ2) is 6.11. The molecule has 0 aromatic heterocycles. The zero-order valence-corrected chi connectivity index (χ0v) is 11.8. The van der Waals surface area contributed by atoms with E-state index in [0.29, 0.717) is 0 Å². The molecule has 0 saturated heterocycles. The van der Waals surface area contributed by atoms with E-state index in [9.17, 15) is 0 Å². The van der Waals surface area contributed by atoms with E-state index in [2.05, 4.69) is 86.3 Å². The van der Waals surface area contributed by atoms with Crippen LogP contribution in [0.25, 0.3) is 0 Å². The maximum atomic E-state index is 3.26. The first-order chi connectivity index (χ1) is 9.16. The molecule has 0 spiro atoms. The highest BCUT2D eigenvalue weighted by Gasteiger charge is 2.00. The fraction of sp³-hybridized carbons (Fsp3) is 0.222. The Balaban J connectivity index is 2.13. The van der Waals surface area contributed by atoms with Crippen molar-refractivity contribution in [2.24, 2.45) is 0 Å². The lowest BCUT2D eigenvalue weighted by molar-refractivity contribution is 1.10. The van der Waals surface area contributed by atoms with Crippen molar-refractivity contribution in [3.05, 3.63) is 65.2 Å². The molecule has 19 heavy (non-hydrogen) atoms. The standard InChI is InChI=1S/C18H19N/c1-15-11-13-16(14-12-15)7-6-9-17-8-4-5-10-18(17)19(2)3/h4-5,8,10-14H,9H2,1-3H3. The first kappa shape index (κ1) is 13.2. The SMILES string of the molecule is Cc1ccc(C#CCc2ccccc2N(C)C)cc1. The molecule has 0 radical (unpaired) electrons. The van der Waals surface area contributed by atoms with Gasteiger partial charge in [-0.3, -0.25) is 0 Å². The lowest BCUT2D eigenvalue weighted by Gasteiger charge is -2.15. The Kier molecular flexibility index (Phi) is 4.26. The predicted octanol–water partition coefficient (Wildman–Crippen LogP) is 3.66. The van der Waals surface area contributed by atoms with Crippen LogP contribution in [-0.4, -0.2) is 14.1 Å². The Bertz CT molecular complexity index is 598. The Morgan fingerprint density at radius 3 is 2.32 bits per heavy atom. The first-order valence-electron chi connectivity index (χ1n) is 6.47. The fourth-order valence-corrected chi connectivity index (χ4v) is 1.97. The second-order valence-electron chi connectivity index (χ2n) is 4.87. The number of hydrogen-bond donors (Lipinski definition) is 0. The molecule has 0 unspecified atom stereocenters. The van der Waals surface area contributed by atoms with Gasteiger partial charge in [-0.25, -0.2) is 0 Å². The largest absolute Gasteiger partial charge is 0.377 e. The van der Waals surface area contributed by atoms with Crippen LogP contribution in [0.2, 0.25) is 0 Å². The van der Waals surface area contributed by atoms with Crippen LogP contribution in [0, 0.1) is 18.8 Å². The summed E-state index contributed by atoms with van der Waals surface area (Å²) in [7, 11) is 4.12. The molecule has 1 heteroatoms. The Labute approximate surface area is 115 Å². The highest BCUT2D eigenvalue weighted by atomic mass is 15.1. The number of para-hydroxylation sites is 1. The van der Waals surface area contributed by atoms with Gasteiger partial charge in [0.2, 0.25) is 0 Å². The van der Waals surface area contributed by atoms with Crippen molar-refractivity contribution in [3.8, 4) is 11.8 Å². The van der Waals surface area contributed by atoms with E-state index in [-0.39, 0.29) is 0 Å². The average Bonchev–Trinajstić information content (AvgIpc) is 2.41. The molecule has 0 aliphatic rings. The Morgan fingerprint density at radius 2 is 1.63 bits per heavy atom. The third-order valence-corrected chi connectivity index (χ3v) is 3.04. The molecule has 0 atom stereocenters. The van der Waals surface area contributed by atoms with Gasteiger partial charge in [0.05, 0.1) is 0 Å². The van der Waals surface area contributed by atoms with Crippen molar-refractivity contribution in [1.29, 1.82) is 0 Å². The Morgan fingerprint density at radius 1 is 0.947 bits per heavy atom. The van der Waals surface area contributed by atoms with E-state index in [0.717, 1.165) is 12.0 Å². The van der Waals surface area contributed by atoms with Crippen molar-refractivity contribution < 1.29 is 0 Å². The number of benzene rings is 2. The number of rotatable bonds is 2. The van der Waals surface area contributed by atoms with Gasteiger partial charge in [-0.2, -0.15) is 0 Å². The predicted molar refractivity (Wildman–Crippen MR) is 82.5 cm³/mol. The summed E-state index contributed by atoms with van der Waals surface area (Å²) < 4.78 is 0. The van der Waals surface area contributed by atoms with Crippen molar-refractivity contribution in [3.63, 3.8) is 0 Å². The summed E-state index contributed by atoms with van der Waals surface area (Å²) in [6.07, 6.45) is 0.780. The van der Waals surface area contributed by atoms with Gasteiger partial charge in [-0.15, -0.1) is 0 Å². The van der Waals surface area contributed by atoms with E-state index in [4.69, 9.17) is 0 Å². The van der Waals surface area contributed by atoms with E-state index in [1.54, 1.807) is 0 Å². The highest BCUT2D eigenvalue weighted by molar-refractivity contribution is 5.54. The molecule has 0 fully saturated rings. The van der Waals surface area contributed by atoms with E-state index >= 15 is 0 Å². The van der Waals surface area contributed by atoms with Gasteiger partial charge in [-0.1, -0.05) is 47.7 Å². The van der Waals surface area contributed by atoms with Gasteiger partial charge in [-0.05, 0) is 30.7 Å². The van der Waals surface area contributed by atoms with Crippen LogP contribution in [0.4, 0.5) is 5.69 Å². The van der Waals surface area contributed by atoms with Crippen LogP contribution in [0.3, 0.4) is 0 Å².